The van der Waals surface area contributed by atoms with Gasteiger partial charge in [-0.05, 0) is 42.8 Å². The number of aromatic nitrogens is 1. The SMILES string of the molecule is CCNC(=NCCc1c[nH]c2ccccc12)N(C)CCc1cccs1.I. The van der Waals surface area contributed by atoms with Crippen molar-refractivity contribution in [2.75, 3.05) is 26.7 Å². The van der Waals surface area contributed by atoms with Crippen molar-refractivity contribution in [3.63, 3.8) is 0 Å². The number of likely N-dealkylation sites (N-methyl/N-ethyl adjacent to an activating group) is 1. The summed E-state index contributed by atoms with van der Waals surface area (Å²) in [7, 11) is 2.11. The van der Waals surface area contributed by atoms with Gasteiger partial charge in [-0.1, -0.05) is 24.3 Å². The van der Waals surface area contributed by atoms with Gasteiger partial charge in [0, 0.05) is 48.7 Å². The standard InChI is InChI=1S/C20H26N4S.HI/c1-3-21-20(24(2)13-11-17-7-6-14-25-17)22-12-10-16-15-23-19-9-5-4-8-18(16)19;/h4-9,14-15,23H,3,10-13H2,1-2H3,(H,21,22);1H. The Labute approximate surface area is 176 Å². The number of para-hydroxylation sites is 1. The van der Waals surface area contributed by atoms with E-state index < -0.39 is 0 Å². The second-order valence-corrected chi connectivity index (χ2v) is 7.13. The molecule has 140 valence electrons. The second-order valence-electron chi connectivity index (χ2n) is 6.10. The molecule has 0 atom stereocenters. The van der Waals surface area contributed by atoms with Gasteiger partial charge in [0.25, 0.3) is 0 Å². The topological polar surface area (TPSA) is 43.4 Å². The first-order chi connectivity index (χ1) is 12.3. The Kier molecular flexibility index (Phi) is 8.44. The molecule has 0 aliphatic rings. The van der Waals surface area contributed by atoms with E-state index in [1.165, 1.54) is 21.3 Å². The molecule has 2 heterocycles. The minimum absolute atomic E-state index is 0. The van der Waals surface area contributed by atoms with E-state index in [2.05, 4.69) is 77.1 Å². The maximum absolute atomic E-state index is 4.82. The maximum Gasteiger partial charge on any atom is 0.193 e. The Hall–Kier alpha value is -1.54. The number of guanidine groups is 1. The second kappa shape index (κ2) is 10.6. The van der Waals surface area contributed by atoms with Crippen molar-refractivity contribution in [3.05, 3.63) is 58.4 Å². The molecule has 0 aliphatic heterocycles. The molecule has 0 amide bonds. The molecule has 0 spiro atoms. The molecule has 26 heavy (non-hydrogen) atoms. The number of hydrogen-bond donors (Lipinski definition) is 2. The monoisotopic (exact) mass is 482 g/mol. The molecule has 0 aliphatic carbocycles. The van der Waals surface area contributed by atoms with E-state index in [0.29, 0.717) is 0 Å². The first kappa shape index (κ1) is 20.8. The molecule has 0 saturated carbocycles. The largest absolute Gasteiger partial charge is 0.361 e. The Bertz CT molecular complexity index is 810. The van der Waals surface area contributed by atoms with Crippen molar-refractivity contribution in [3.8, 4) is 0 Å². The van der Waals surface area contributed by atoms with Gasteiger partial charge in [-0.3, -0.25) is 4.99 Å². The number of hydrogen-bond acceptors (Lipinski definition) is 2. The number of halogens is 1. The van der Waals surface area contributed by atoms with E-state index in [1.54, 1.807) is 0 Å². The van der Waals surface area contributed by atoms with Crippen molar-refractivity contribution in [1.82, 2.24) is 15.2 Å². The highest BCUT2D eigenvalue weighted by Crippen LogP contribution is 2.18. The Morgan fingerprint density at radius 2 is 2.04 bits per heavy atom. The van der Waals surface area contributed by atoms with Crippen molar-refractivity contribution in [1.29, 1.82) is 0 Å². The average Bonchev–Trinajstić information content (AvgIpc) is 3.29. The number of aromatic amines is 1. The summed E-state index contributed by atoms with van der Waals surface area (Å²) in [6, 6.07) is 12.7. The lowest BCUT2D eigenvalue weighted by molar-refractivity contribution is 0.487. The molecule has 2 aromatic heterocycles. The van der Waals surface area contributed by atoms with E-state index in [-0.39, 0.29) is 24.0 Å². The van der Waals surface area contributed by atoms with Gasteiger partial charge < -0.3 is 15.2 Å². The van der Waals surface area contributed by atoms with Gasteiger partial charge in [0.15, 0.2) is 5.96 Å². The lowest BCUT2D eigenvalue weighted by Gasteiger charge is -2.21. The molecule has 3 aromatic rings. The number of H-pyrrole nitrogens is 1. The Morgan fingerprint density at radius 3 is 2.81 bits per heavy atom. The highest BCUT2D eigenvalue weighted by Gasteiger charge is 2.07. The van der Waals surface area contributed by atoms with E-state index in [9.17, 15) is 0 Å². The number of nitrogens with zero attached hydrogens (tertiary/aromatic N) is 2. The summed E-state index contributed by atoms with van der Waals surface area (Å²) >= 11 is 1.82. The van der Waals surface area contributed by atoms with Crippen molar-refractivity contribution < 1.29 is 0 Å². The van der Waals surface area contributed by atoms with E-state index >= 15 is 0 Å². The molecule has 0 saturated heterocycles. The van der Waals surface area contributed by atoms with Crippen LogP contribution in [-0.4, -0.2) is 42.5 Å². The molecule has 0 fully saturated rings. The molecule has 2 N–H and O–H groups in total. The number of aliphatic imine (C=N–C) groups is 1. The number of thiophene rings is 1. The van der Waals surface area contributed by atoms with Crippen LogP contribution in [0, 0.1) is 0 Å². The predicted molar refractivity (Wildman–Crippen MR) is 124 cm³/mol. The van der Waals surface area contributed by atoms with Crippen LogP contribution in [0.1, 0.15) is 17.4 Å². The van der Waals surface area contributed by atoms with Crippen LogP contribution in [0.2, 0.25) is 0 Å². The molecular formula is C20H27IN4S. The quantitative estimate of drug-likeness (QED) is 0.295. The molecule has 3 rings (SSSR count). The fourth-order valence-corrected chi connectivity index (χ4v) is 3.63. The van der Waals surface area contributed by atoms with E-state index in [0.717, 1.165) is 38.4 Å². The summed E-state index contributed by atoms with van der Waals surface area (Å²) < 4.78 is 0. The molecule has 1 aromatic carbocycles. The lowest BCUT2D eigenvalue weighted by atomic mass is 10.1. The average molecular weight is 482 g/mol. The smallest absolute Gasteiger partial charge is 0.193 e. The van der Waals surface area contributed by atoms with Crippen molar-refractivity contribution in [2.24, 2.45) is 4.99 Å². The Balaban J connectivity index is 0.00000243. The van der Waals surface area contributed by atoms with Crippen LogP contribution in [0.3, 0.4) is 0 Å². The normalized spacial score (nSPS) is 11.4. The zero-order valence-electron chi connectivity index (χ0n) is 15.4. The lowest BCUT2D eigenvalue weighted by Crippen LogP contribution is -2.40. The third-order valence-corrected chi connectivity index (χ3v) is 5.22. The van der Waals surface area contributed by atoms with Crippen molar-refractivity contribution in [2.45, 2.75) is 19.8 Å². The zero-order chi connectivity index (χ0) is 17.5. The molecular weight excluding hydrogens is 455 g/mol. The van der Waals surface area contributed by atoms with Gasteiger partial charge in [0.1, 0.15) is 0 Å². The first-order valence-corrected chi connectivity index (χ1v) is 9.72. The van der Waals surface area contributed by atoms with Gasteiger partial charge in [0.05, 0.1) is 0 Å². The molecule has 0 radical (unpaired) electrons. The Morgan fingerprint density at radius 1 is 1.19 bits per heavy atom. The van der Waals surface area contributed by atoms with Gasteiger partial charge in [-0.25, -0.2) is 0 Å². The summed E-state index contributed by atoms with van der Waals surface area (Å²) in [5, 5.41) is 6.84. The number of fused-ring (bicyclic) bond motifs is 1. The highest BCUT2D eigenvalue weighted by atomic mass is 127. The van der Waals surface area contributed by atoms with E-state index in [4.69, 9.17) is 4.99 Å². The van der Waals surface area contributed by atoms with Crippen LogP contribution in [0.5, 0.6) is 0 Å². The van der Waals surface area contributed by atoms with Crippen LogP contribution >= 0.6 is 35.3 Å². The van der Waals surface area contributed by atoms with Gasteiger partial charge >= 0.3 is 0 Å². The molecule has 0 unspecified atom stereocenters. The number of benzene rings is 1. The summed E-state index contributed by atoms with van der Waals surface area (Å²) in [6.45, 7) is 4.75. The molecule has 4 nitrogen and oxygen atoms in total. The first-order valence-electron chi connectivity index (χ1n) is 8.84. The third kappa shape index (κ3) is 5.48. The predicted octanol–water partition coefficient (Wildman–Crippen LogP) is 4.53. The van der Waals surface area contributed by atoms with Crippen LogP contribution in [-0.2, 0) is 12.8 Å². The van der Waals surface area contributed by atoms with E-state index in [1.807, 2.05) is 11.3 Å². The zero-order valence-corrected chi connectivity index (χ0v) is 18.5. The van der Waals surface area contributed by atoms with Crippen LogP contribution in [0.15, 0.2) is 53.0 Å². The van der Waals surface area contributed by atoms with Gasteiger partial charge in [-0.2, -0.15) is 0 Å². The summed E-state index contributed by atoms with van der Waals surface area (Å²) in [5.74, 6) is 0.985. The highest BCUT2D eigenvalue weighted by molar-refractivity contribution is 14.0. The number of rotatable bonds is 7. The fraction of sp³-hybridized carbons (Fsp3) is 0.350. The number of nitrogens with one attached hydrogen (secondary N) is 2. The molecule has 6 heteroatoms. The third-order valence-electron chi connectivity index (χ3n) is 4.29. The summed E-state index contributed by atoms with van der Waals surface area (Å²) in [5.41, 5.74) is 2.53. The summed E-state index contributed by atoms with van der Waals surface area (Å²) in [4.78, 5) is 11.8. The van der Waals surface area contributed by atoms with Crippen LogP contribution < -0.4 is 5.32 Å². The van der Waals surface area contributed by atoms with Crippen molar-refractivity contribution >= 4 is 52.2 Å². The summed E-state index contributed by atoms with van der Waals surface area (Å²) in [6.07, 6.45) is 4.10. The molecule has 0 bridgehead atoms. The maximum atomic E-state index is 4.82. The van der Waals surface area contributed by atoms with Gasteiger partial charge in [-0.15, -0.1) is 35.3 Å². The fourth-order valence-electron chi connectivity index (χ4n) is 2.93. The van der Waals surface area contributed by atoms with Crippen LogP contribution in [0.25, 0.3) is 10.9 Å². The minimum atomic E-state index is 0. The van der Waals surface area contributed by atoms with Gasteiger partial charge in [0.2, 0.25) is 0 Å². The minimum Gasteiger partial charge on any atom is -0.361 e. The van der Waals surface area contributed by atoms with Crippen LogP contribution in [0.4, 0.5) is 0 Å².